The van der Waals surface area contributed by atoms with Crippen LogP contribution in [0.25, 0.3) is 6.08 Å². The fourth-order valence-electron chi connectivity index (χ4n) is 3.07. The number of amides is 3. The molecule has 2 heterocycles. The van der Waals surface area contributed by atoms with Crippen LogP contribution >= 0.6 is 0 Å². The molecule has 118 valence electrons. The summed E-state index contributed by atoms with van der Waals surface area (Å²) in [5.74, 6) is -1.13. The summed E-state index contributed by atoms with van der Waals surface area (Å²) >= 11 is 0. The predicted molar refractivity (Wildman–Crippen MR) is 88.1 cm³/mol. The fourth-order valence-corrected chi connectivity index (χ4v) is 3.07. The number of rotatable bonds is 3. The molecular weight excluding hydrogens is 304 g/mol. The molecule has 0 radical (unpaired) electrons. The summed E-state index contributed by atoms with van der Waals surface area (Å²) in [5, 5.41) is 2.74. The van der Waals surface area contributed by atoms with Gasteiger partial charge in [0.05, 0.1) is 17.2 Å². The van der Waals surface area contributed by atoms with E-state index < -0.39 is 17.9 Å². The Morgan fingerprint density at radius 3 is 2.00 bits per heavy atom. The average Bonchev–Trinajstić information content (AvgIpc) is 2.85. The maximum atomic E-state index is 12.5. The Morgan fingerprint density at radius 1 is 0.833 bits per heavy atom. The van der Waals surface area contributed by atoms with E-state index in [1.54, 1.807) is 24.3 Å². The van der Waals surface area contributed by atoms with Crippen LogP contribution in [0.2, 0.25) is 0 Å². The van der Waals surface area contributed by atoms with Gasteiger partial charge in [0.25, 0.3) is 11.8 Å². The molecule has 2 aromatic rings. The third-order valence-electron chi connectivity index (χ3n) is 4.32. The third kappa shape index (κ3) is 2.13. The zero-order valence-corrected chi connectivity index (χ0v) is 12.7. The van der Waals surface area contributed by atoms with Crippen LogP contribution in [0.4, 0.5) is 0 Å². The highest BCUT2D eigenvalue weighted by Crippen LogP contribution is 2.28. The standard InChI is InChI=1S/C19H14N2O3/c22-17-16(15(20-17)11-10-12-6-2-1-3-7-12)21-18(23)13-8-4-5-9-14(13)19(21)24/h1-11,15-16H,(H,20,22)/t15-,16+/m1/s1. The minimum Gasteiger partial charge on any atom is -0.345 e. The molecule has 1 fully saturated rings. The molecule has 2 aliphatic rings. The van der Waals surface area contributed by atoms with Crippen molar-refractivity contribution >= 4 is 23.8 Å². The second-order valence-corrected chi connectivity index (χ2v) is 5.77. The first-order chi connectivity index (χ1) is 11.7. The highest BCUT2D eigenvalue weighted by Gasteiger charge is 2.50. The van der Waals surface area contributed by atoms with Gasteiger partial charge in [-0.05, 0) is 17.7 Å². The fraction of sp³-hybridized carbons (Fsp3) is 0.105. The minimum atomic E-state index is -0.794. The van der Waals surface area contributed by atoms with Gasteiger partial charge in [0.15, 0.2) is 0 Å². The maximum Gasteiger partial charge on any atom is 0.262 e. The van der Waals surface area contributed by atoms with Crippen molar-refractivity contribution in [2.24, 2.45) is 0 Å². The van der Waals surface area contributed by atoms with Crippen molar-refractivity contribution in [3.05, 3.63) is 77.4 Å². The Morgan fingerprint density at radius 2 is 1.42 bits per heavy atom. The van der Waals surface area contributed by atoms with E-state index in [0.29, 0.717) is 11.1 Å². The van der Waals surface area contributed by atoms with Gasteiger partial charge >= 0.3 is 0 Å². The first-order valence-electron chi connectivity index (χ1n) is 7.67. The van der Waals surface area contributed by atoms with Crippen LogP contribution in [0, 0.1) is 0 Å². The molecule has 3 amide bonds. The molecule has 0 bridgehead atoms. The number of carbonyl (C=O) groups is 3. The van der Waals surface area contributed by atoms with Crippen LogP contribution in [0.5, 0.6) is 0 Å². The first kappa shape index (κ1) is 14.4. The number of fused-ring (bicyclic) bond motifs is 1. The van der Waals surface area contributed by atoms with E-state index >= 15 is 0 Å². The number of benzene rings is 2. The average molecular weight is 318 g/mol. The lowest BCUT2D eigenvalue weighted by atomic mass is 9.96. The largest absolute Gasteiger partial charge is 0.345 e. The van der Waals surface area contributed by atoms with Crippen LogP contribution < -0.4 is 5.32 Å². The molecule has 2 aliphatic heterocycles. The monoisotopic (exact) mass is 318 g/mol. The summed E-state index contributed by atoms with van der Waals surface area (Å²) < 4.78 is 0. The van der Waals surface area contributed by atoms with Gasteiger partial charge in [0, 0.05) is 0 Å². The Labute approximate surface area is 138 Å². The first-order valence-corrected chi connectivity index (χ1v) is 7.67. The molecule has 5 nitrogen and oxygen atoms in total. The number of nitrogens with one attached hydrogen (secondary N) is 1. The van der Waals surface area contributed by atoms with Crippen molar-refractivity contribution < 1.29 is 14.4 Å². The second kappa shape index (κ2) is 5.45. The van der Waals surface area contributed by atoms with E-state index in [1.165, 1.54) is 0 Å². The Balaban J connectivity index is 1.60. The van der Waals surface area contributed by atoms with E-state index in [0.717, 1.165) is 10.5 Å². The number of imide groups is 1. The van der Waals surface area contributed by atoms with Gasteiger partial charge in [-0.15, -0.1) is 0 Å². The van der Waals surface area contributed by atoms with Crippen LogP contribution in [-0.2, 0) is 4.79 Å². The third-order valence-corrected chi connectivity index (χ3v) is 4.32. The number of nitrogens with zero attached hydrogens (tertiary/aromatic N) is 1. The maximum absolute atomic E-state index is 12.5. The van der Waals surface area contributed by atoms with Crippen LogP contribution in [-0.4, -0.2) is 34.7 Å². The summed E-state index contributed by atoms with van der Waals surface area (Å²) in [4.78, 5) is 38.1. The van der Waals surface area contributed by atoms with Crippen molar-refractivity contribution in [1.29, 1.82) is 0 Å². The lowest BCUT2D eigenvalue weighted by Crippen LogP contribution is -2.69. The van der Waals surface area contributed by atoms with Crippen LogP contribution in [0.3, 0.4) is 0 Å². The summed E-state index contributed by atoms with van der Waals surface area (Å²) in [5.41, 5.74) is 1.70. The number of carbonyl (C=O) groups excluding carboxylic acids is 3. The van der Waals surface area contributed by atoms with E-state index in [9.17, 15) is 14.4 Å². The van der Waals surface area contributed by atoms with Crippen LogP contribution in [0.1, 0.15) is 26.3 Å². The molecule has 24 heavy (non-hydrogen) atoms. The molecule has 2 aromatic carbocycles. The zero-order chi connectivity index (χ0) is 16.7. The number of hydrogen-bond donors (Lipinski definition) is 1. The van der Waals surface area contributed by atoms with E-state index in [1.807, 2.05) is 42.5 Å². The molecule has 1 saturated heterocycles. The predicted octanol–water partition coefficient (Wildman–Crippen LogP) is 1.86. The van der Waals surface area contributed by atoms with Gasteiger partial charge < -0.3 is 5.32 Å². The summed E-state index contributed by atoms with van der Waals surface area (Å²) in [6.07, 6.45) is 3.68. The molecule has 0 unspecified atom stereocenters. The van der Waals surface area contributed by atoms with Crippen molar-refractivity contribution in [3.63, 3.8) is 0 Å². The minimum absolute atomic E-state index is 0.313. The lowest BCUT2D eigenvalue weighted by molar-refractivity contribution is -0.133. The Bertz CT molecular complexity index is 838. The van der Waals surface area contributed by atoms with E-state index in [2.05, 4.69) is 5.32 Å². The molecule has 4 rings (SSSR count). The second-order valence-electron chi connectivity index (χ2n) is 5.77. The molecule has 0 aliphatic carbocycles. The molecule has 2 atom stereocenters. The van der Waals surface area contributed by atoms with E-state index in [-0.39, 0.29) is 11.9 Å². The smallest absolute Gasteiger partial charge is 0.262 e. The van der Waals surface area contributed by atoms with E-state index in [4.69, 9.17) is 0 Å². The Kier molecular flexibility index (Phi) is 3.27. The number of hydrogen-bond acceptors (Lipinski definition) is 3. The van der Waals surface area contributed by atoms with Crippen molar-refractivity contribution in [2.75, 3.05) is 0 Å². The van der Waals surface area contributed by atoms with Gasteiger partial charge in [0.1, 0.15) is 6.04 Å². The summed E-state index contributed by atoms with van der Waals surface area (Å²) in [6.45, 7) is 0. The van der Waals surface area contributed by atoms with Gasteiger partial charge in [-0.2, -0.15) is 0 Å². The lowest BCUT2D eigenvalue weighted by Gasteiger charge is -2.39. The van der Waals surface area contributed by atoms with Gasteiger partial charge in [-0.3, -0.25) is 19.3 Å². The van der Waals surface area contributed by atoms with Crippen LogP contribution in [0.15, 0.2) is 60.7 Å². The number of β-lactam (4-membered cyclic amide) rings is 1. The highest BCUT2D eigenvalue weighted by atomic mass is 16.2. The summed E-state index contributed by atoms with van der Waals surface area (Å²) in [7, 11) is 0. The van der Waals surface area contributed by atoms with Gasteiger partial charge in [0.2, 0.25) is 5.91 Å². The van der Waals surface area contributed by atoms with Gasteiger partial charge in [-0.25, -0.2) is 0 Å². The molecular formula is C19H14N2O3. The van der Waals surface area contributed by atoms with Gasteiger partial charge in [-0.1, -0.05) is 54.6 Å². The Hall–Kier alpha value is -3.21. The SMILES string of the molecule is O=C1N[C@H](C=Cc2ccccc2)[C@@H]1N1C(=O)c2ccccc2C1=O. The molecule has 0 aromatic heterocycles. The summed E-state index contributed by atoms with van der Waals surface area (Å²) in [6, 6.07) is 15.1. The molecule has 5 heteroatoms. The quantitative estimate of drug-likeness (QED) is 0.694. The van der Waals surface area contributed by atoms with Crippen molar-refractivity contribution in [3.8, 4) is 0 Å². The topological polar surface area (TPSA) is 66.5 Å². The van der Waals surface area contributed by atoms with Crippen molar-refractivity contribution in [2.45, 2.75) is 12.1 Å². The van der Waals surface area contributed by atoms with Crippen molar-refractivity contribution in [1.82, 2.24) is 10.2 Å². The molecule has 0 saturated carbocycles. The molecule has 0 spiro atoms. The highest BCUT2D eigenvalue weighted by molar-refractivity contribution is 6.23. The normalized spacial score (nSPS) is 22.5. The molecule has 1 N–H and O–H groups in total. The zero-order valence-electron chi connectivity index (χ0n) is 12.7.